The highest BCUT2D eigenvalue weighted by atomic mass is 16.6. The van der Waals surface area contributed by atoms with Crippen LogP contribution < -0.4 is 10.1 Å². The minimum Gasteiger partial charge on any atom is -0.493 e. The number of nitrogens with zero attached hydrogens (tertiary/aromatic N) is 1. The Bertz CT molecular complexity index is 786. The van der Waals surface area contributed by atoms with Crippen LogP contribution in [0.4, 0.5) is 4.79 Å². The summed E-state index contributed by atoms with van der Waals surface area (Å²) in [5, 5.41) is 3.26. The van der Waals surface area contributed by atoms with Crippen LogP contribution in [-0.2, 0) is 9.53 Å². The average molecular weight is 386 g/mol. The van der Waals surface area contributed by atoms with E-state index in [2.05, 4.69) is 25.2 Å². The molecule has 1 aliphatic carbocycles. The first-order valence-electron chi connectivity index (χ1n) is 10.1. The molecule has 1 aromatic rings. The van der Waals surface area contributed by atoms with E-state index in [9.17, 15) is 9.59 Å². The lowest BCUT2D eigenvalue weighted by Crippen LogP contribution is -2.50. The third kappa shape index (κ3) is 3.45. The second kappa shape index (κ2) is 6.39. The molecule has 28 heavy (non-hydrogen) atoms. The number of para-hydroxylation sites is 1. The van der Waals surface area contributed by atoms with Crippen molar-refractivity contribution < 1.29 is 19.1 Å². The van der Waals surface area contributed by atoms with Crippen LogP contribution in [0.3, 0.4) is 0 Å². The fourth-order valence-corrected chi connectivity index (χ4v) is 4.64. The third-order valence-electron chi connectivity index (χ3n) is 6.16. The van der Waals surface area contributed by atoms with Gasteiger partial charge in [0.05, 0.1) is 6.61 Å². The van der Waals surface area contributed by atoms with Gasteiger partial charge in [-0.1, -0.05) is 18.2 Å². The fraction of sp³-hybridized carbons (Fsp3) is 0.636. The van der Waals surface area contributed by atoms with Crippen LogP contribution in [0.15, 0.2) is 24.3 Å². The number of ether oxygens (including phenoxy) is 2. The summed E-state index contributed by atoms with van der Waals surface area (Å²) < 4.78 is 11.2. The molecule has 4 rings (SSSR count). The first-order valence-corrected chi connectivity index (χ1v) is 10.1. The lowest BCUT2D eigenvalue weighted by atomic mass is 9.83. The predicted molar refractivity (Wildman–Crippen MR) is 105 cm³/mol. The third-order valence-corrected chi connectivity index (χ3v) is 6.16. The summed E-state index contributed by atoms with van der Waals surface area (Å²) in [4.78, 5) is 26.9. The number of likely N-dealkylation sites (tertiary alicyclic amines) is 1. The summed E-state index contributed by atoms with van der Waals surface area (Å²) >= 11 is 0. The largest absolute Gasteiger partial charge is 0.493 e. The van der Waals surface area contributed by atoms with Crippen molar-refractivity contribution >= 4 is 12.0 Å². The van der Waals surface area contributed by atoms with E-state index in [-0.39, 0.29) is 35.7 Å². The number of hydrogen-bond donors (Lipinski definition) is 1. The van der Waals surface area contributed by atoms with Crippen molar-refractivity contribution in [2.24, 2.45) is 17.8 Å². The molecule has 152 valence electrons. The molecule has 4 atom stereocenters. The molecule has 1 aromatic carbocycles. The lowest BCUT2D eigenvalue weighted by molar-refractivity contribution is -0.125. The van der Waals surface area contributed by atoms with E-state index in [0.29, 0.717) is 19.7 Å². The van der Waals surface area contributed by atoms with Crippen molar-refractivity contribution in [3.8, 4) is 5.75 Å². The minimum absolute atomic E-state index is 0.00414. The Morgan fingerprint density at radius 2 is 1.75 bits per heavy atom. The molecule has 2 heterocycles. The molecule has 3 aliphatic rings. The molecule has 2 fully saturated rings. The highest BCUT2D eigenvalue weighted by molar-refractivity contribution is 5.84. The van der Waals surface area contributed by atoms with Crippen LogP contribution in [0.1, 0.15) is 46.1 Å². The summed E-state index contributed by atoms with van der Waals surface area (Å²) in [5.74, 6) is 1.62. The summed E-state index contributed by atoms with van der Waals surface area (Å²) in [6.07, 6.45) is -0.279. The van der Waals surface area contributed by atoms with E-state index in [1.807, 2.05) is 39.0 Å². The molecular formula is C22H30N2O4. The van der Waals surface area contributed by atoms with Gasteiger partial charge < -0.3 is 19.7 Å². The quantitative estimate of drug-likeness (QED) is 0.866. The van der Waals surface area contributed by atoms with Crippen molar-refractivity contribution in [3.05, 3.63) is 29.8 Å². The minimum atomic E-state index is -0.496. The number of fused-ring (bicyclic) bond motifs is 2. The Hall–Kier alpha value is -2.24. The number of nitrogens with one attached hydrogen (secondary N) is 1. The molecule has 0 aromatic heterocycles. The number of carbonyl (C=O) groups excluding carboxylic acids is 2. The van der Waals surface area contributed by atoms with Gasteiger partial charge in [0.15, 0.2) is 0 Å². The molecule has 2 unspecified atom stereocenters. The molecule has 1 saturated heterocycles. The van der Waals surface area contributed by atoms with Gasteiger partial charge in [-0.3, -0.25) is 4.79 Å². The fourth-order valence-electron chi connectivity index (χ4n) is 4.64. The van der Waals surface area contributed by atoms with Crippen molar-refractivity contribution in [2.75, 3.05) is 19.7 Å². The first kappa shape index (κ1) is 19.1. The van der Waals surface area contributed by atoms with Gasteiger partial charge in [0.1, 0.15) is 11.4 Å². The van der Waals surface area contributed by atoms with Crippen LogP contribution in [0, 0.1) is 17.8 Å². The smallest absolute Gasteiger partial charge is 0.410 e. The Morgan fingerprint density at radius 1 is 1.11 bits per heavy atom. The van der Waals surface area contributed by atoms with Crippen LogP contribution >= 0.6 is 0 Å². The van der Waals surface area contributed by atoms with Crippen LogP contribution in [-0.4, -0.2) is 47.7 Å². The first-order chi connectivity index (χ1) is 13.1. The van der Waals surface area contributed by atoms with Gasteiger partial charge in [-0.05, 0) is 52.5 Å². The van der Waals surface area contributed by atoms with Gasteiger partial charge in [0.2, 0.25) is 5.91 Å². The molecule has 0 bridgehead atoms. The zero-order chi connectivity index (χ0) is 20.3. The van der Waals surface area contributed by atoms with Gasteiger partial charge in [-0.2, -0.15) is 0 Å². The summed E-state index contributed by atoms with van der Waals surface area (Å²) in [6, 6.07) is 8.03. The van der Waals surface area contributed by atoms with Gasteiger partial charge in [0, 0.05) is 36.0 Å². The Morgan fingerprint density at radius 3 is 2.39 bits per heavy atom. The Kier molecular flexibility index (Phi) is 4.36. The highest BCUT2D eigenvalue weighted by Gasteiger charge is 2.61. The standard InChI is InChI=1S/C22H30N2O4/c1-21(2,3)28-20(26)24-10-14-15(11-24)18(14)19(25)23-22(4,5)16-12-27-17-9-7-6-8-13(16)17/h6-9,14-16,18H,10-12H2,1-5H3,(H,23,25)/t14-,15?,16?,18+/m0/s1. The molecule has 1 saturated carbocycles. The SMILES string of the molecule is CC(C)(C)OC(=O)N1CC2[C@H](C1)[C@H]2C(=O)NC(C)(C)C1COc2ccccc21. The topological polar surface area (TPSA) is 67.9 Å². The van der Waals surface area contributed by atoms with E-state index in [1.165, 1.54) is 0 Å². The zero-order valence-electron chi connectivity index (χ0n) is 17.3. The van der Waals surface area contributed by atoms with Gasteiger partial charge in [-0.15, -0.1) is 0 Å². The van der Waals surface area contributed by atoms with E-state index in [4.69, 9.17) is 9.47 Å². The second-order valence-corrected chi connectivity index (χ2v) is 9.85. The Labute approximate surface area is 166 Å². The monoisotopic (exact) mass is 386 g/mol. The number of rotatable bonds is 3. The van der Waals surface area contributed by atoms with E-state index < -0.39 is 11.1 Å². The molecule has 6 heteroatoms. The number of piperidine rings is 1. The number of amides is 2. The number of hydrogen-bond acceptors (Lipinski definition) is 4. The number of carbonyl (C=O) groups is 2. The van der Waals surface area contributed by atoms with Crippen molar-refractivity contribution in [1.29, 1.82) is 0 Å². The van der Waals surface area contributed by atoms with Crippen LogP contribution in [0.5, 0.6) is 5.75 Å². The second-order valence-electron chi connectivity index (χ2n) is 9.85. The van der Waals surface area contributed by atoms with E-state index >= 15 is 0 Å². The molecule has 2 amide bonds. The van der Waals surface area contributed by atoms with E-state index in [1.54, 1.807) is 4.90 Å². The van der Waals surface area contributed by atoms with Gasteiger partial charge >= 0.3 is 6.09 Å². The van der Waals surface area contributed by atoms with Gasteiger partial charge in [-0.25, -0.2) is 4.79 Å². The van der Waals surface area contributed by atoms with Crippen molar-refractivity contribution in [2.45, 2.75) is 51.7 Å². The maximum absolute atomic E-state index is 12.9. The van der Waals surface area contributed by atoms with Crippen LogP contribution in [0.25, 0.3) is 0 Å². The van der Waals surface area contributed by atoms with Crippen molar-refractivity contribution in [3.63, 3.8) is 0 Å². The number of benzene rings is 1. The van der Waals surface area contributed by atoms with Gasteiger partial charge in [0.25, 0.3) is 0 Å². The maximum atomic E-state index is 12.9. The van der Waals surface area contributed by atoms with Crippen molar-refractivity contribution in [1.82, 2.24) is 10.2 Å². The molecule has 0 spiro atoms. The summed E-state index contributed by atoms with van der Waals surface area (Å²) in [5.41, 5.74) is 0.260. The maximum Gasteiger partial charge on any atom is 0.410 e. The molecular weight excluding hydrogens is 356 g/mol. The summed E-state index contributed by atoms with van der Waals surface area (Å²) in [6.45, 7) is 11.5. The Balaban J connectivity index is 1.34. The molecule has 0 radical (unpaired) electrons. The molecule has 6 nitrogen and oxygen atoms in total. The molecule has 2 aliphatic heterocycles. The zero-order valence-corrected chi connectivity index (χ0v) is 17.3. The van der Waals surface area contributed by atoms with E-state index in [0.717, 1.165) is 11.3 Å². The highest BCUT2D eigenvalue weighted by Crippen LogP contribution is 2.52. The average Bonchev–Trinajstić information content (AvgIpc) is 2.96. The summed E-state index contributed by atoms with van der Waals surface area (Å²) in [7, 11) is 0. The normalized spacial score (nSPS) is 28.2. The van der Waals surface area contributed by atoms with Crippen LogP contribution in [0.2, 0.25) is 0 Å². The predicted octanol–water partition coefficient (Wildman–Crippen LogP) is 3.17. The molecule has 1 N–H and O–H groups in total. The lowest BCUT2D eigenvalue weighted by Gasteiger charge is -2.32.